The van der Waals surface area contributed by atoms with Crippen LogP contribution in [0.5, 0.6) is 0 Å². The van der Waals surface area contributed by atoms with Gasteiger partial charge in [0.15, 0.2) is 5.25 Å². The summed E-state index contributed by atoms with van der Waals surface area (Å²) in [5.41, 5.74) is -2.97. The number of H-pyrrole nitrogens is 1. The molecule has 1 aromatic rings. The van der Waals surface area contributed by atoms with E-state index in [0.717, 1.165) is 17.2 Å². The van der Waals surface area contributed by atoms with Gasteiger partial charge in [0.25, 0.3) is 5.56 Å². The van der Waals surface area contributed by atoms with Gasteiger partial charge in [-0.15, -0.1) is 0 Å². The average Bonchev–Trinajstić information content (AvgIpc) is 3.04. The number of rotatable bonds is 5. The molecule has 0 bridgehead atoms. The second-order valence-corrected chi connectivity index (χ2v) is 9.04. The van der Waals surface area contributed by atoms with Gasteiger partial charge in [0.2, 0.25) is 15.9 Å². The summed E-state index contributed by atoms with van der Waals surface area (Å²) >= 11 is 0. The van der Waals surface area contributed by atoms with E-state index in [1.54, 1.807) is 0 Å². The number of amides is 1. The highest BCUT2D eigenvalue weighted by Gasteiger charge is 2.57. The van der Waals surface area contributed by atoms with Crippen molar-refractivity contribution in [1.82, 2.24) is 19.2 Å². The molecule has 2 saturated heterocycles. The largest absolute Gasteiger partial charge is 0.477 e. The summed E-state index contributed by atoms with van der Waals surface area (Å²) in [4.78, 5) is 48.3. The van der Waals surface area contributed by atoms with E-state index in [-0.39, 0.29) is 19.5 Å². The fraction of sp³-hybridized carbons (Fsp3) is 0.600. The van der Waals surface area contributed by atoms with Crippen molar-refractivity contribution < 1.29 is 23.1 Å². The molecule has 3 N–H and O–H groups in total. The highest BCUT2D eigenvalue weighted by molar-refractivity contribution is 7.90. The Kier molecular flexibility index (Phi) is 4.72. The van der Waals surface area contributed by atoms with Gasteiger partial charge in [-0.3, -0.25) is 19.1 Å². The number of aromatic nitrogens is 2. The molecule has 2 aliphatic heterocycles. The molecule has 0 saturated carbocycles. The Labute approximate surface area is 154 Å². The van der Waals surface area contributed by atoms with Crippen LogP contribution in [-0.4, -0.2) is 63.1 Å². The average molecular weight is 400 g/mol. The van der Waals surface area contributed by atoms with E-state index in [2.05, 4.69) is 5.32 Å². The lowest BCUT2D eigenvalue weighted by Gasteiger charge is -2.24. The summed E-state index contributed by atoms with van der Waals surface area (Å²) in [6.07, 6.45) is 2.58. The summed E-state index contributed by atoms with van der Waals surface area (Å²) in [5.74, 6) is -2.14. The second-order valence-electron chi connectivity index (χ2n) is 7.00. The number of carboxylic acid groups (broad SMARTS) is 1. The van der Waals surface area contributed by atoms with Crippen LogP contribution in [0, 0.1) is 0 Å². The van der Waals surface area contributed by atoms with Gasteiger partial charge in [-0.05, 0) is 26.2 Å². The lowest BCUT2D eigenvalue weighted by atomic mass is 9.94. The van der Waals surface area contributed by atoms with Crippen molar-refractivity contribution in [3.8, 4) is 0 Å². The maximum atomic E-state index is 12.6. The molecular weight excluding hydrogens is 380 g/mol. The number of carbonyl (C=O) groups excluding carboxylic acids is 1. The van der Waals surface area contributed by atoms with Gasteiger partial charge < -0.3 is 10.4 Å². The minimum Gasteiger partial charge on any atom is -0.477 e. The number of carbonyl (C=O) groups is 2. The smallest absolute Gasteiger partial charge is 0.342 e. The van der Waals surface area contributed by atoms with Crippen LogP contribution in [0.15, 0.2) is 15.8 Å². The van der Waals surface area contributed by atoms with Gasteiger partial charge in [0.05, 0.1) is 0 Å². The lowest BCUT2D eigenvalue weighted by Crippen LogP contribution is -2.42. The quantitative estimate of drug-likeness (QED) is 0.532. The Bertz CT molecular complexity index is 1010. The molecule has 148 valence electrons. The number of aromatic amines is 1. The lowest BCUT2D eigenvalue weighted by molar-refractivity contribution is -0.120. The fourth-order valence-electron chi connectivity index (χ4n) is 3.76. The summed E-state index contributed by atoms with van der Waals surface area (Å²) in [7, 11) is -3.72. The zero-order valence-electron chi connectivity index (χ0n) is 14.6. The van der Waals surface area contributed by atoms with Crippen molar-refractivity contribution in [2.24, 2.45) is 0 Å². The first-order valence-corrected chi connectivity index (χ1v) is 9.93. The van der Waals surface area contributed by atoms with Crippen molar-refractivity contribution in [3.05, 3.63) is 32.6 Å². The van der Waals surface area contributed by atoms with E-state index in [1.807, 2.05) is 11.9 Å². The molecule has 11 nitrogen and oxygen atoms in total. The number of carboxylic acids is 1. The Morgan fingerprint density at radius 3 is 2.74 bits per heavy atom. The number of nitrogens with one attached hydrogen (secondary N) is 2. The molecule has 0 spiro atoms. The van der Waals surface area contributed by atoms with Gasteiger partial charge in [-0.1, -0.05) is 0 Å². The predicted octanol–water partition coefficient (Wildman–Crippen LogP) is -1.69. The zero-order valence-corrected chi connectivity index (χ0v) is 15.4. The van der Waals surface area contributed by atoms with Gasteiger partial charge in [-0.25, -0.2) is 18.0 Å². The van der Waals surface area contributed by atoms with Crippen LogP contribution in [0.4, 0.5) is 0 Å². The highest BCUT2D eigenvalue weighted by atomic mass is 32.2. The molecule has 3 heterocycles. The van der Waals surface area contributed by atoms with Gasteiger partial charge >= 0.3 is 11.7 Å². The molecule has 2 fully saturated rings. The van der Waals surface area contributed by atoms with E-state index >= 15 is 0 Å². The van der Waals surface area contributed by atoms with Crippen LogP contribution in [0.1, 0.15) is 36.5 Å². The van der Waals surface area contributed by atoms with Crippen LogP contribution in [0.3, 0.4) is 0 Å². The highest BCUT2D eigenvalue weighted by Crippen LogP contribution is 2.44. The third kappa shape index (κ3) is 3.30. The molecule has 1 amide bonds. The van der Waals surface area contributed by atoms with E-state index in [0.29, 0.717) is 13.0 Å². The molecule has 0 aliphatic carbocycles. The SMILES string of the molecule is CC12CCCN1S(=O)(=O)C(C(=O)NCCn1cc(C(=O)O)c(=O)[nH]c1=O)C2. The van der Waals surface area contributed by atoms with Crippen LogP contribution in [-0.2, 0) is 21.4 Å². The summed E-state index contributed by atoms with van der Waals surface area (Å²) in [6.45, 7) is 2.04. The van der Waals surface area contributed by atoms with Gasteiger partial charge in [0, 0.05) is 31.4 Å². The van der Waals surface area contributed by atoms with Crippen molar-refractivity contribution in [3.63, 3.8) is 0 Å². The molecule has 0 aromatic carbocycles. The number of hydrogen-bond acceptors (Lipinski definition) is 6. The molecule has 2 unspecified atom stereocenters. The number of fused-ring (bicyclic) bond motifs is 1. The summed E-state index contributed by atoms with van der Waals surface area (Å²) in [6, 6.07) is 0. The second kappa shape index (κ2) is 6.60. The van der Waals surface area contributed by atoms with Crippen LogP contribution in [0.25, 0.3) is 0 Å². The molecule has 2 aliphatic rings. The summed E-state index contributed by atoms with van der Waals surface area (Å²) < 4.78 is 27.5. The minimum atomic E-state index is -3.72. The zero-order chi connectivity index (χ0) is 20.0. The van der Waals surface area contributed by atoms with Crippen LogP contribution < -0.4 is 16.6 Å². The normalized spacial score (nSPS) is 26.6. The Hall–Kier alpha value is -2.47. The van der Waals surface area contributed by atoms with E-state index in [1.165, 1.54) is 4.31 Å². The van der Waals surface area contributed by atoms with Crippen molar-refractivity contribution in [2.75, 3.05) is 13.1 Å². The third-order valence-electron chi connectivity index (χ3n) is 5.16. The standard InChI is InChI=1S/C15H20N4O7S/c1-15-3-2-5-19(15)27(25,26)10(7-15)12(21)16-4-6-18-8-9(13(22)23)11(20)17-14(18)24/h8,10H,2-7H2,1H3,(H,16,21)(H,22,23)(H,17,20,24). The minimum absolute atomic E-state index is 0.0907. The number of sulfonamides is 1. The number of nitrogens with zero attached hydrogens (tertiary/aromatic N) is 2. The molecule has 1 aromatic heterocycles. The summed E-state index contributed by atoms with van der Waals surface area (Å²) in [5, 5.41) is 10.2. The van der Waals surface area contributed by atoms with Crippen molar-refractivity contribution in [2.45, 2.75) is 43.5 Å². The number of aromatic carboxylic acids is 1. The molecule has 3 rings (SSSR count). The van der Waals surface area contributed by atoms with Gasteiger partial charge in [-0.2, -0.15) is 4.31 Å². The molecule has 12 heteroatoms. The van der Waals surface area contributed by atoms with E-state index in [9.17, 15) is 27.6 Å². The van der Waals surface area contributed by atoms with E-state index in [4.69, 9.17) is 5.11 Å². The van der Waals surface area contributed by atoms with E-state index < -0.39 is 49.5 Å². The Balaban J connectivity index is 1.68. The predicted molar refractivity (Wildman–Crippen MR) is 93.0 cm³/mol. The first kappa shape index (κ1) is 19.3. The van der Waals surface area contributed by atoms with Gasteiger partial charge in [0.1, 0.15) is 5.56 Å². The van der Waals surface area contributed by atoms with Crippen molar-refractivity contribution >= 4 is 21.9 Å². The molecule has 27 heavy (non-hydrogen) atoms. The Morgan fingerprint density at radius 1 is 1.41 bits per heavy atom. The molecule has 0 radical (unpaired) electrons. The van der Waals surface area contributed by atoms with Crippen LogP contribution in [0.2, 0.25) is 0 Å². The maximum absolute atomic E-state index is 12.6. The fourth-order valence-corrected chi connectivity index (χ4v) is 6.16. The molecule has 2 atom stereocenters. The first-order valence-electron chi connectivity index (χ1n) is 8.43. The molecular formula is C15H20N4O7S. The topological polar surface area (TPSA) is 159 Å². The van der Waals surface area contributed by atoms with Crippen molar-refractivity contribution in [1.29, 1.82) is 0 Å². The number of hydrogen-bond donors (Lipinski definition) is 3. The first-order chi connectivity index (χ1) is 12.6. The third-order valence-corrected chi connectivity index (χ3v) is 7.49. The Morgan fingerprint density at radius 2 is 2.11 bits per heavy atom. The monoisotopic (exact) mass is 400 g/mol. The maximum Gasteiger partial charge on any atom is 0.342 e. The van der Waals surface area contributed by atoms with Crippen LogP contribution >= 0.6 is 0 Å².